The van der Waals surface area contributed by atoms with Crippen molar-refractivity contribution in [3.63, 3.8) is 0 Å². The number of amides is 2. The summed E-state index contributed by atoms with van der Waals surface area (Å²) in [6.45, 7) is 3.62. The lowest BCUT2D eigenvalue weighted by atomic mass is 9.88. The summed E-state index contributed by atoms with van der Waals surface area (Å²) in [5, 5.41) is 3.02. The molecule has 27 heavy (non-hydrogen) atoms. The van der Waals surface area contributed by atoms with E-state index in [1.807, 2.05) is 24.3 Å². The van der Waals surface area contributed by atoms with E-state index in [9.17, 15) is 9.59 Å². The molecule has 0 aliphatic carbocycles. The predicted octanol–water partition coefficient (Wildman–Crippen LogP) is 3.06. The average molecular weight is 370 g/mol. The lowest BCUT2D eigenvalue weighted by Gasteiger charge is -2.18. The summed E-state index contributed by atoms with van der Waals surface area (Å²) >= 11 is 0. The van der Waals surface area contributed by atoms with Crippen LogP contribution in [-0.2, 0) is 4.79 Å². The van der Waals surface area contributed by atoms with Gasteiger partial charge in [0.1, 0.15) is 5.75 Å². The number of carbonyl (C=O) groups excluding carboxylic acids is 2. The standard InChI is InChI=1S/C21H26N2O4/c1-3-4-11-22-20(24)18-14-23(21(25)19-6-5-12-27-19)13-17(18)15-7-9-16(26-2)10-8-15/h5-10,12,17-18H,3-4,11,13-14H2,1-2H3,(H,22,24). The third kappa shape index (κ3) is 4.32. The van der Waals surface area contributed by atoms with Gasteiger partial charge in [-0.15, -0.1) is 0 Å². The molecule has 0 spiro atoms. The van der Waals surface area contributed by atoms with Crippen molar-refractivity contribution in [1.29, 1.82) is 0 Å². The first-order valence-corrected chi connectivity index (χ1v) is 9.38. The predicted molar refractivity (Wildman–Crippen MR) is 102 cm³/mol. The van der Waals surface area contributed by atoms with Crippen LogP contribution < -0.4 is 10.1 Å². The van der Waals surface area contributed by atoms with Gasteiger partial charge in [0.25, 0.3) is 5.91 Å². The Labute approximate surface area is 159 Å². The lowest BCUT2D eigenvalue weighted by molar-refractivity contribution is -0.124. The summed E-state index contributed by atoms with van der Waals surface area (Å²) in [5.41, 5.74) is 1.03. The zero-order valence-electron chi connectivity index (χ0n) is 15.8. The number of hydrogen-bond acceptors (Lipinski definition) is 4. The van der Waals surface area contributed by atoms with Crippen molar-refractivity contribution in [3.05, 3.63) is 54.0 Å². The molecule has 0 saturated carbocycles. The number of furan rings is 1. The Kier molecular flexibility index (Phi) is 6.16. The van der Waals surface area contributed by atoms with Gasteiger partial charge >= 0.3 is 0 Å². The zero-order chi connectivity index (χ0) is 19.2. The van der Waals surface area contributed by atoms with Crippen LogP contribution in [0.25, 0.3) is 0 Å². The molecule has 6 nitrogen and oxygen atoms in total. The van der Waals surface area contributed by atoms with Crippen molar-refractivity contribution in [1.82, 2.24) is 10.2 Å². The summed E-state index contributed by atoms with van der Waals surface area (Å²) in [4.78, 5) is 27.2. The fraction of sp³-hybridized carbons (Fsp3) is 0.429. The van der Waals surface area contributed by atoms with Gasteiger partial charge in [-0.2, -0.15) is 0 Å². The van der Waals surface area contributed by atoms with Crippen molar-refractivity contribution in [2.45, 2.75) is 25.7 Å². The van der Waals surface area contributed by atoms with Crippen LogP contribution in [0.2, 0.25) is 0 Å². The number of rotatable bonds is 7. The smallest absolute Gasteiger partial charge is 0.289 e. The van der Waals surface area contributed by atoms with Crippen molar-refractivity contribution in [3.8, 4) is 5.75 Å². The molecule has 1 fully saturated rings. The topological polar surface area (TPSA) is 71.8 Å². The molecule has 0 bridgehead atoms. The Morgan fingerprint density at radius 2 is 2.00 bits per heavy atom. The number of ether oxygens (including phenoxy) is 1. The normalized spacial score (nSPS) is 19.1. The molecule has 2 unspecified atom stereocenters. The van der Waals surface area contributed by atoms with Crippen LogP contribution in [0.15, 0.2) is 47.1 Å². The maximum absolute atomic E-state index is 12.8. The number of likely N-dealkylation sites (tertiary alicyclic amines) is 1. The second kappa shape index (κ2) is 8.75. The van der Waals surface area contributed by atoms with E-state index in [0.717, 1.165) is 24.2 Å². The minimum Gasteiger partial charge on any atom is -0.497 e. The van der Waals surface area contributed by atoms with Gasteiger partial charge in [0.15, 0.2) is 5.76 Å². The van der Waals surface area contributed by atoms with Crippen molar-refractivity contribution in [2.75, 3.05) is 26.7 Å². The van der Waals surface area contributed by atoms with Crippen molar-refractivity contribution in [2.24, 2.45) is 5.92 Å². The highest BCUT2D eigenvalue weighted by Crippen LogP contribution is 2.34. The van der Waals surface area contributed by atoms with Gasteiger partial charge in [-0.05, 0) is 36.2 Å². The molecule has 1 aromatic heterocycles. The molecule has 1 aromatic carbocycles. The van der Waals surface area contributed by atoms with Crippen LogP contribution >= 0.6 is 0 Å². The average Bonchev–Trinajstić information content (AvgIpc) is 3.38. The number of nitrogens with zero attached hydrogens (tertiary/aromatic N) is 1. The molecule has 1 aliphatic rings. The molecule has 2 amide bonds. The van der Waals surface area contributed by atoms with Gasteiger partial charge < -0.3 is 19.4 Å². The molecule has 144 valence electrons. The summed E-state index contributed by atoms with van der Waals surface area (Å²) in [6, 6.07) is 11.1. The van der Waals surface area contributed by atoms with Gasteiger partial charge in [0.2, 0.25) is 5.91 Å². The maximum Gasteiger partial charge on any atom is 0.289 e. The fourth-order valence-electron chi connectivity index (χ4n) is 3.50. The van der Waals surface area contributed by atoms with Crippen LogP contribution in [0.5, 0.6) is 5.75 Å². The first kappa shape index (κ1) is 19.0. The van der Waals surface area contributed by atoms with Gasteiger partial charge in [0.05, 0.1) is 19.3 Å². The van der Waals surface area contributed by atoms with Crippen LogP contribution in [0, 0.1) is 5.92 Å². The summed E-state index contributed by atoms with van der Waals surface area (Å²) in [7, 11) is 1.62. The van der Waals surface area contributed by atoms with Crippen LogP contribution in [0.4, 0.5) is 0 Å². The van der Waals surface area contributed by atoms with Crippen LogP contribution in [0.1, 0.15) is 41.8 Å². The third-order valence-electron chi connectivity index (χ3n) is 5.05. The van der Waals surface area contributed by atoms with E-state index >= 15 is 0 Å². The van der Waals surface area contributed by atoms with E-state index in [0.29, 0.717) is 25.4 Å². The Morgan fingerprint density at radius 1 is 1.22 bits per heavy atom. The van der Waals surface area contributed by atoms with E-state index in [-0.39, 0.29) is 23.7 Å². The first-order chi connectivity index (χ1) is 13.1. The Morgan fingerprint density at radius 3 is 2.63 bits per heavy atom. The molecule has 0 radical (unpaired) electrons. The largest absolute Gasteiger partial charge is 0.497 e. The highest BCUT2D eigenvalue weighted by molar-refractivity contribution is 5.92. The molecule has 6 heteroatoms. The molecule has 3 rings (SSSR count). The van der Waals surface area contributed by atoms with Crippen molar-refractivity contribution >= 4 is 11.8 Å². The summed E-state index contributed by atoms with van der Waals surface area (Å²) in [5.74, 6) is 0.548. The van der Waals surface area contributed by atoms with E-state index in [4.69, 9.17) is 9.15 Å². The highest BCUT2D eigenvalue weighted by atomic mass is 16.5. The Bertz CT molecular complexity index is 755. The second-order valence-corrected chi connectivity index (χ2v) is 6.82. The SMILES string of the molecule is CCCCNC(=O)C1CN(C(=O)c2ccco2)CC1c1ccc(OC)cc1. The van der Waals surface area contributed by atoms with Crippen molar-refractivity contribution < 1.29 is 18.7 Å². The number of nitrogens with one attached hydrogen (secondary N) is 1. The monoisotopic (exact) mass is 370 g/mol. The maximum atomic E-state index is 12.8. The quantitative estimate of drug-likeness (QED) is 0.761. The zero-order valence-corrected chi connectivity index (χ0v) is 15.8. The molecule has 1 saturated heterocycles. The molecule has 1 aliphatic heterocycles. The Hall–Kier alpha value is -2.76. The molecule has 2 atom stereocenters. The minimum atomic E-state index is -0.283. The highest BCUT2D eigenvalue weighted by Gasteiger charge is 2.41. The number of unbranched alkanes of at least 4 members (excludes halogenated alkanes) is 1. The van der Waals surface area contributed by atoms with Gasteiger partial charge in [0, 0.05) is 25.6 Å². The van der Waals surface area contributed by atoms with Crippen LogP contribution in [-0.4, -0.2) is 43.5 Å². The van der Waals surface area contributed by atoms with Crippen LogP contribution in [0.3, 0.4) is 0 Å². The molecular weight excluding hydrogens is 344 g/mol. The minimum absolute atomic E-state index is 0.000914. The number of carbonyl (C=O) groups is 2. The summed E-state index contributed by atoms with van der Waals surface area (Å²) in [6.07, 6.45) is 3.45. The molecule has 2 aromatic rings. The van der Waals surface area contributed by atoms with E-state index in [1.165, 1.54) is 6.26 Å². The number of hydrogen-bond donors (Lipinski definition) is 1. The molecular formula is C21H26N2O4. The van der Waals surface area contributed by atoms with Gasteiger partial charge in [-0.25, -0.2) is 0 Å². The summed E-state index contributed by atoms with van der Waals surface area (Å²) < 4.78 is 10.5. The van der Waals surface area contributed by atoms with E-state index in [2.05, 4.69) is 12.2 Å². The van der Waals surface area contributed by atoms with Gasteiger partial charge in [-0.3, -0.25) is 9.59 Å². The van der Waals surface area contributed by atoms with E-state index < -0.39 is 0 Å². The number of methoxy groups -OCH3 is 1. The van der Waals surface area contributed by atoms with E-state index in [1.54, 1.807) is 24.1 Å². The molecule has 1 N–H and O–H groups in total. The van der Waals surface area contributed by atoms with Gasteiger partial charge in [-0.1, -0.05) is 25.5 Å². The second-order valence-electron chi connectivity index (χ2n) is 6.82. The fourth-order valence-corrected chi connectivity index (χ4v) is 3.50. The lowest BCUT2D eigenvalue weighted by Crippen LogP contribution is -2.36. The number of benzene rings is 1. The molecule has 2 heterocycles. The first-order valence-electron chi connectivity index (χ1n) is 9.38. The Balaban J connectivity index is 1.79. The third-order valence-corrected chi connectivity index (χ3v) is 5.05.